The van der Waals surface area contributed by atoms with Crippen molar-refractivity contribution >= 4 is 12.0 Å². The molecule has 236 valence electrons. The van der Waals surface area contributed by atoms with Gasteiger partial charge in [0.15, 0.2) is 0 Å². The summed E-state index contributed by atoms with van der Waals surface area (Å²) >= 11 is 0. The van der Waals surface area contributed by atoms with E-state index in [0.29, 0.717) is 61.0 Å². The summed E-state index contributed by atoms with van der Waals surface area (Å²) in [5.74, 6) is 3.17. The minimum Gasteiger partial charge on any atom is -0.445 e. The van der Waals surface area contributed by atoms with Gasteiger partial charge < -0.3 is 24.4 Å². The minimum absolute atomic E-state index is 0.150. The lowest BCUT2D eigenvalue weighted by Crippen LogP contribution is -2.67. The predicted molar refractivity (Wildman–Crippen MR) is 164 cm³/mol. The van der Waals surface area contributed by atoms with Gasteiger partial charge in [-0.3, -0.25) is 4.79 Å². The van der Waals surface area contributed by atoms with Gasteiger partial charge in [-0.2, -0.15) is 0 Å². The highest BCUT2D eigenvalue weighted by atomic mass is 16.6. The molecule has 3 saturated heterocycles. The van der Waals surface area contributed by atoms with Crippen LogP contribution in [0.15, 0.2) is 30.3 Å². The number of aliphatic hydroxyl groups excluding tert-OH is 1. The maximum Gasteiger partial charge on any atom is 0.410 e. The number of hydrogen-bond acceptors (Lipinski definition) is 5. The number of fused-ring (bicyclic) bond motifs is 5. The number of benzene rings is 1. The standard InChI is InChI=1S/C36H52N2O5/c1-24(9-12-31(40)38-20-36(21-38)22-42-23-36)27-10-11-28-32-29(13-14-35(27,28)3)34(2)15-16-37(18-26(34)17-30(32)39)33(41)43-19-25-7-5-4-6-8-25/h4-8,24,26-30,32,39H,9-23H2,1-3H3/t24-,26-,27-,28+,29+,30+,32+,34+,35-/m1/s1. The predicted octanol–water partition coefficient (Wildman–Crippen LogP) is 5.75. The van der Waals surface area contributed by atoms with Crippen molar-refractivity contribution in [2.45, 2.75) is 84.8 Å². The summed E-state index contributed by atoms with van der Waals surface area (Å²) in [4.78, 5) is 29.9. The van der Waals surface area contributed by atoms with Crippen LogP contribution in [0.1, 0.15) is 77.7 Å². The molecule has 0 bridgehead atoms. The summed E-state index contributed by atoms with van der Waals surface area (Å²) in [6, 6.07) is 9.86. The highest BCUT2D eigenvalue weighted by Gasteiger charge is 2.63. The molecule has 7 heteroatoms. The fourth-order valence-electron chi connectivity index (χ4n) is 11.1. The van der Waals surface area contributed by atoms with Gasteiger partial charge in [0.1, 0.15) is 6.61 Å². The number of nitrogens with zero attached hydrogens (tertiary/aromatic N) is 2. The van der Waals surface area contributed by atoms with E-state index in [1.165, 1.54) is 25.7 Å². The first kappa shape index (κ1) is 29.6. The zero-order valence-electron chi connectivity index (χ0n) is 26.5. The number of carbonyl (C=O) groups excluding carboxylic acids is 2. The van der Waals surface area contributed by atoms with Gasteiger partial charge in [-0.1, -0.05) is 51.1 Å². The average Bonchev–Trinajstić information content (AvgIpc) is 3.31. The summed E-state index contributed by atoms with van der Waals surface area (Å²) in [7, 11) is 0. The molecule has 1 aromatic carbocycles. The van der Waals surface area contributed by atoms with Crippen LogP contribution in [0.4, 0.5) is 4.79 Å². The molecule has 0 aromatic heterocycles. The largest absolute Gasteiger partial charge is 0.445 e. The van der Waals surface area contributed by atoms with Crippen molar-refractivity contribution in [3.8, 4) is 0 Å². The van der Waals surface area contributed by atoms with Gasteiger partial charge in [0.05, 0.1) is 24.7 Å². The van der Waals surface area contributed by atoms with Crippen molar-refractivity contribution in [1.82, 2.24) is 9.80 Å². The lowest BCUT2D eigenvalue weighted by atomic mass is 9.44. The van der Waals surface area contributed by atoms with Crippen molar-refractivity contribution in [2.75, 3.05) is 39.4 Å². The first-order valence-corrected chi connectivity index (χ1v) is 17.1. The second-order valence-corrected chi connectivity index (χ2v) is 16.0. The van der Waals surface area contributed by atoms with Gasteiger partial charge in [0, 0.05) is 32.6 Å². The quantitative estimate of drug-likeness (QED) is 0.455. The topological polar surface area (TPSA) is 79.3 Å². The molecule has 2 amide bonds. The Morgan fingerprint density at radius 2 is 1.77 bits per heavy atom. The normalized spacial score (nSPS) is 40.0. The molecule has 43 heavy (non-hydrogen) atoms. The number of ether oxygens (including phenoxy) is 2. The van der Waals surface area contributed by atoms with Crippen molar-refractivity contribution in [2.24, 2.45) is 51.8 Å². The van der Waals surface area contributed by atoms with E-state index in [0.717, 1.165) is 57.7 Å². The number of hydrogen-bond donors (Lipinski definition) is 1. The van der Waals surface area contributed by atoms with Crippen LogP contribution in [0.3, 0.4) is 0 Å². The molecule has 1 N–H and O–H groups in total. The SMILES string of the molecule is C[C@H](CCC(=O)N1CC2(COC2)C1)[C@H]1CC[C@H]2[C@@H]3[C@@H](O)C[C@@H]4CN(C(=O)OCc5ccccc5)CC[C@]4(C)[C@H]3CC[C@]12C. The van der Waals surface area contributed by atoms with Gasteiger partial charge in [-0.05, 0) is 96.8 Å². The summed E-state index contributed by atoms with van der Waals surface area (Å²) in [5, 5.41) is 11.8. The second kappa shape index (κ2) is 11.0. The summed E-state index contributed by atoms with van der Waals surface area (Å²) in [6.07, 6.45) is 7.67. The van der Waals surface area contributed by atoms with E-state index in [-0.39, 0.29) is 28.4 Å². The van der Waals surface area contributed by atoms with Gasteiger partial charge in [-0.15, -0.1) is 0 Å². The van der Waals surface area contributed by atoms with E-state index in [4.69, 9.17) is 9.47 Å². The number of carbonyl (C=O) groups is 2. The molecule has 7 nitrogen and oxygen atoms in total. The molecule has 1 aromatic rings. The third-order valence-electron chi connectivity index (χ3n) is 13.7. The second-order valence-electron chi connectivity index (χ2n) is 16.0. The van der Waals surface area contributed by atoms with Crippen LogP contribution in [0, 0.1) is 51.8 Å². The molecular weight excluding hydrogens is 540 g/mol. The average molecular weight is 593 g/mol. The van der Waals surface area contributed by atoms with E-state index in [1.807, 2.05) is 40.1 Å². The number of amides is 2. The Bertz CT molecular complexity index is 1200. The van der Waals surface area contributed by atoms with Crippen molar-refractivity contribution in [1.29, 1.82) is 0 Å². The molecule has 6 aliphatic rings. The third-order valence-corrected chi connectivity index (χ3v) is 13.7. The number of aliphatic hydroxyl groups is 1. The van der Waals surface area contributed by atoms with Gasteiger partial charge in [0.2, 0.25) is 5.91 Å². The van der Waals surface area contributed by atoms with E-state index in [2.05, 4.69) is 20.8 Å². The van der Waals surface area contributed by atoms with Gasteiger partial charge in [0.25, 0.3) is 0 Å². The molecule has 1 spiro atoms. The zero-order chi connectivity index (χ0) is 30.0. The molecule has 3 saturated carbocycles. The minimum atomic E-state index is -0.308. The molecule has 3 aliphatic heterocycles. The van der Waals surface area contributed by atoms with Crippen LogP contribution >= 0.6 is 0 Å². The smallest absolute Gasteiger partial charge is 0.410 e. The molecule has 0 radical (unpaired) electrons. The molecule has 6 fully saturated rings. The van der Waals surface area contributed by atoms with Crippen LogP contribution in [0.2, 0.25) is 0 Å². The van der Waals surface area contributed by atoms with E-state index < -0.39 is 0 Å². The fourth-order valence-corrected chi connectivity index (χ4v) is 11.1. The van der Waals surface area contributed by atoms with Crippen molar-refractivity contribution < 1.29 is 24.2 Å². The summed E-state index contributed by atoms with van der Waals surface area (Å²) in [5.41, 5.74) is 1.67. The molecular formula is C36H52N2O5. The van der Waals surface area contributed by atoms with Crippen LogP contribution in [-0.4, -0.2) is 72.4 Å². The van der Waals surface area contributed by atoms with Gasteiger partial charge in [-0.25, -0.2) is 4.79 Å². The van der Waals surface area contributed by atoms with E-state index in [9.17, 15) is 14.7 Å². The maximum absolute atomic E-state index is 13.0. The Labute approximate surface area is 257 Å². The zero-order valence-corrected chi connectivity index (χ0v) is 26.5. The van der Waals surface area contributed by atoms with Crippen molar-refractivity contribution in [3.63, 3.8) is 0 Å². The van der Waals surface area contributed by atoms with Crippen LogP contribution in [0.5, 0.6) is 0 Å². The maximum atomic E-state index is 13.0. The molecule has 7 rings (SSSR count). The number of rotatable bonds is 6. The van der Waals surface area contributed by atoms with E-state index in [1.54, 1.807) is 0 Å². The fraction of sp³-hybridized carbons (Fsp3) is 0.778. The number of piperidine rings is 1. The van der Waals surface area contributed by atoms with Crippen LogP contribution in [0.25, 0.3) is 0 Å². The Balaban J connectivity index is 0.961. The first-order valence-electron chi connectivity index (χ1n) is 17.1. The molecule has 9 atom stereocenters. The highest BCUT2D eigenvalue weighted by molar-refractivity contribution is 5.77. The molecule has 0 unspecified atom stereocenters. The Hall–Kier alpha value is -2.12. The van der Waals surface area contributed by atoms with Crippen LogP contribution in [-0.2, 0) is 20.9 Å². The molecule has 3 aliphatic carbocycles. The highest BCUT2D eigenvalue weighted by Crippen LogP contribution is 2.67. The summed E-state index contributed by atoms with van der Waals surface area (Å²) < 4.78 is 11.1. The van der Waals surface area contributed by atoms with E-state index >= 15 is 0 Å². The third kappa shape index (κ3) is 5.01. The Morgan fingerprint density at radius 1 is 1.02 bits per heavy atom. The molecule has 3 heterocycles. The lowest BCUT2D eigenvalue weighted by molar-refractivity contribution is -0.195. The lowest BCUT2D eigenvalue weighted by Gasteiger charge is -2.62. The summed E-state index contributed by atoms with van der Waals surface area (Å²) in [6.45, 7) is 12.5. The monoisotopic (exact) mass is 592 g/mol. The van der Waals surface area contributed by atoms with Crippen molar-refractivity contribution in [3.05, 3.63) is 35.9 Å². The van der Waals surface area contributed by atoms with Crippen LogP contribution < -0.4 is 0 Å². The number of likely N-dealkylation sites (tertiary alicyclic amines) is 2. The Kier molecular flexibility index (Phi) is 7.60. The van der Waals surface area contributed by atoms with Gasteiger partial charge >= 0.3 is 6.09 Å². The first-order chi connectivity index (χ1) is 20.6. The Morgan fingerprint density at radius 3 is 2.49 bits per heavy atom.